The van der Waals surface area contributed by atoms with Gasteiger partial charge in [0.05, 0.1) is 18.0 Å². The van der Waals surface area contributed by atoms with Gasteiger partial charge in [-0.25, -0.2) is 4.39 Å². The van der Waals surface area contributed by atoms with E-state index in [-0.39, 0.29) is 17.7 Å². The average Bonchev–Trinajstić information content (AvgIpc) is 3.15. The zero-order valence-electron chi connectivity index (χ0n) is 15.4. The zero-order chi connectivity index (χ0) is 19.0. The highest BCUT2D eigenvalue weighted by Gasteiger charge is 2.42. The number of β-amino-alcohol motifs (C(OH)–C–C–N with tert-alkyl or cyclic N) is 1. The normalized spacial score (nSPS) is 26.1. The molecule has 1 aromatic heterocycles. The molecule has 0 amide bonds. The Labute approximate surface area is 158 Å². The van der Waals surface area contributed by atoms with Crippen LogP contribution in [0.25, 0.3) is 0 Å². The SMILES string of the molecule is Cc1ccc(OC2C[C@@H]3CN(C[C@H](O)c4ccc(O)cn4)C[C@@H]3C2)c(F)c1. The van der Waals surface area contributed by atoms with Crippen LogP contribution < -0.4 is 4.74 Å². The molecule has 2 heterocycles. The minimum Gasteiger partial charge on any atom is -0.506 e. The number of ether oxygens (including phenoxy) is 1. The van der Waals surface area contributed by atoms with Gasteiger partial charge in [-0.05, 0) is 61.4 Å². The van der Waals surface area contributed by atoms with Crippen LogP contribution in [0.2, 0.25) is 0 Å². The molecule has 4 rings (SSSR count). The Bertz CT molecular complexity index is 785. The fourth-order valence-electron chi connectivity index (χ4n) is 4.40. The van der Waals surface area contributed by atoms with Crippen LogP contribution in [-0.2, 0) is 0 Å². The van der Waals surface area contributed by atoms with Crippen LogP contribution in [0.4, 0.5) is 4.39 Å². The van der Waals surface area contributed by atoms with E-state index in [0.29, 0.717) is 29.8 Å². The van der Waals surface area contributed by atoms with Gasteiger partial charge in [0, 0.05) is 19.6 Å². The summed E-state index contributed by atoms with van der Waals surface area (Å²) in [5, 5.41) is 19.7. The van der Waals surface area contributed by atoms with Crippen molar-refractivity contribution >= 4 is 0 Å². The van der Waals surface area contributed by atoms with Gasteiger partial charge in [0.2, 0.25) is 0 Å². The lowest BCUT2D eigenvalue weighted by molar-refractivity contribution is 0.112. The minimum atomic E-state index is -0.668. The zero-order valence-corrected chi connectivity index (χ0v) is 15.4. The first kappa shape index (κ1) is 18.2. The second-order valence-electron chi connectivity index (χ2n) is 7.84. The molecule has 1 aliphatic carbocycles. The molecule has 2 N–H and O–H groups in total. The van der Waals surface area contributed by atoms with Crippen LogP contribution in [0.3, 0.4) is 0 Å². The molecular weight excluding hydrogens is 347 g/mol. The number of rotatable bonds is 5. The number of nitrogens with zero attached hydrogens (tertiary/aromatic N) is 2. The van der Waals surface area contributed by atoms with E-state index in [4.69, 9.17) is 4.74 Å². The molecule has 1 aromatic carbocycles. The largest absolute Gasteiger partial charge is 0.506 e. The molecule has 6 heteroatoms. The molecule has 1 saturated carbocycles. The standard InChI is InChI=1S/C21H25FN2O3/c1-13-2-5-21(18(22)6-13)27-17-7-14-10-24(11-15(14)8-17)12-20(26)19-4-3-16(25)9-23-19/h2-6,9,14-15,17,20,25-26H,7-8,10-12H2,1H3/t14-,15+,17?,20-/m0/s1. The number of aryl methyl sites for hydroxylation is 1. The molecular formula is C21H25FN2O3. The highest BCUT2D eigenvalue weighted by molar-refractivity contribution is 5.29. The first-order valence-electron chi connectivity index (χ1n) is 9.46. The van der Waals surface area contributed by atoms with Crippen LogP contribution in [0.5, 0.6) is 11.5 Å². The maximum atomic E-state index is 14.0. The Balaban J connectivity index is 1.29. The van der Waals surface area contributed by atoms with Crippen LogP contribution in [-0.4, -0.2) is 45.8 Å². The van der Waals surface area contributed by atoms with Crippen molar-refractivity contribution in [2.75, 3.05) is 19.6 Å². The second-order valence-corrected chi connectivity index (χ2v) is 7.84. The number of aliphatic hydroxyl groups is 1. The lowest BCUT2D eigenvalue weighted by Crippen LogP contribution is -2.29. The number of hydrogen-bond donors (Lipinski definition) is 2. The Kier molecular flexibility index (Phi) is 5.02. The fraction of sp³-hybridized carbons (Fsp3) is 0.476. The Morgan fingerprint density at radius 1 is 1.22 bits per heavy atom. The van der Waals surface area contributed by atoms with E-state index in [2.05, 4.69) is 9.88 Å². The number of benzene rings is 1. The van der Waals surface area contributed by atoms with Crippen LogP contribution in [0.1, 0.15) is 30.2 Å². The highest BCUT2D eigenvalue weighted by atomic mass is 19.1. The highest BCUT2D eigenvalue weighted by Crippen LogP contribution is 2.40. The van der Waals surface area contributed by atoms with Crippen molar-refractivity contribution in [2.45, 2.75) is 32.0 Å². The topological polar surface area (TPSA) is 65.8 Å². The van der Waals surface area contributed by atoms with E-state index >= 15 is 0 Å². The number of fused-ring (bicyclic) bond motifs is 1. The van der Waals surface area contributed by atoms with Gasteiger partial charge in [-0.1, -0.05) is 6.07 Å². The van der Waals surface area contributed by atoms with Crippen molar-refractivity contribution in [1.82, 2.24) is 9.88 Å². The molecule has 1 saturated heterocycles. The van der Waals surface area contributed by atoms with Gasteiger partial charge >= 0.3 is 0 Å². The Morgan fingerprint density at radius 2 is 1.96 bits per heavy atom. The summed E-state index contributed by atoms with van der Waals surface area (Å²) in [5.74, 6) is 1.18. The molecule has 2 fully saturated rings. The number of pyridine rings is 1. The summed E-state index contributed by atoms with van der Waals surface area (Å²) >= 11 is 0. The first-order valence-corrected chi connectivity index (χ1v) is 9.46. The molecule has 0 spiro atoms. The van der Waals surface area contributed by atoms with Crippen molar-refractivity contribution < 1.29 is 19.3 Å². The third-order valence-corrected chi connectivity index (χ3v) is 5.71. The van der Waals surface area contributed by atoms with E-state index < -0.39 is 6.10 Å². The van der Waals surface area contributed by atoms with E-state index in [1.807, 2.05) is 13.0 Å². The first-order chi connectivity index (χ1) is 13.0. The lowest BCUT2D eigenvalue weighted by Gasteiger charge is -2.22. The molecule has 2 aromatic rings. The number of likely N-dealkylation sites (tertiary alicyclic amines) is 1. The van der Waals surface area contributed by atoms with Gasteiger partial charge in [0.25, 0.3) is 0 Å². The molecule has 144 valence electrons. The monoisotopic (exact) mass is 372 g/mol. The molecule has 27 heavy (non-hydrogen) atoms. The number of aliphatic hydroxyl groups excluding tert-OH is 1. The van der Waals surface area contributed by atoms with E-state index in [9.17, 15) is 14.6 Å². The van der Waals surface area contributed by atoms with Gasteiger partial charge in [-0.15, -0.1) is 0 Å². The maximum absolute atomic E-state index is 14.0. The van der Waals surface area contributed by atoms with Gasteiger partial charge in [0.15, 0.2) is 11.6 Å². The quantitative estimate of drug-likeness (QED) is 0.845. The summed E-state index contributed by atoms with van der Waals surface area (Å²) in [6.45, 7) is 4.22. The average molecular weight is 372 g/mol. The van der Waals surface area contributed by atoms with E-state index in [0.717, 1.165) is 31.5 Å². The number of aromatic nitrogens is 1. The predicted octanol–water partition coefficient (Wildman–Crippen LogP) is 3.06. The fourth-order valence-corrected chi connectivity index (χ4v) is 4.40. The second kappa shape index (κ2) is 7.44. The summed E-state index contributed by atoms with van der Waals surface area (Å²) in [4.78, 5) is 6.34. The van der Waals surface area contributed by atoms with Crippen molar-refractivity contribution in [3.63, 3.8) is 0 Å². The summed E-state index contributed by atoms with van der Waals surface area (Å²) < 4.78 is 19.9. The number of halogens is 1. The molecule has 0 radical (unpaired) electrons. The lowest BCUT2D eigenvalue weighted by atomic mass is 10.0. The van der Waals surface area contributed by atoms with Gasteiger partial charge in [0.1, 0.15) is 11.9 Å². The van der Waals surface area contributed by atoms with E-state index in [1.165, 1.54) is 18.3 Å². The van der Waals surface area contributed by atoms with E-state index in [1.54, 1.807) is 12.1 Å². The van der Waals surface area contributed by atoms with Crippen LogP contribution in [0, 0.1) is 24.6 Å². The van der Waals surface area contributed by atoms with Crippen molar-refractivity contribution in [3.8, 4) is 11.5 Å². The van der Waals surface area contributed by atoms with Gasteiger partial charge in [-0.3, -0.25) is 9.88 Å². The predicted molar refractivity (Wildman–Crippen MR) is 99.1 cm³/mol. The molecule has 2 aliphatic rings. The smallest absolute Gasteiger partial charge is 0.165 e. The minimum absolute atomic E-state index is 0.0584. The Hall–Kier alpha value is -2.18. The third-order valence-electron chi connectivity index (χ3n) is 5.71. The summed E-state index contributed by atoms with van der Waals surface area (Å²) in [6.07, 6.45) is 2.58. The molecule has 4 atom stereocenters. The third kappa shape index (κ3) is 4.06. The Morgan fingerprint density at radius 3 is 2.59 bits per heavy atom. The molecule has 0 bridgehead atoms. The summed E-state index contributed by atoms with van der Waals surface area (Å²) in [5.41, 5.74) is 1.46. The van der Waals surface area contributed by atoms with Crippen molar-refractivity contribution in [1.29, 1.82) is 0 Å². The molecule has 1 aliphatic heterocycles. The van der Waals surface area contributed by atoms with Gasteiger partial charge < -0.3 is 14.9 Å². The number of hydrogen-bond acceptors (Lipinski definition) is 5. The molecule has 1 unspecified atom stereocenters. The van der Waals surface area contributed by atoms with Crippen molar-refractivity contribution in [3.05, 3.63) is 53.6 Å². The van der Waals surface area contributed by atoms with Crippen molar-refractivity contribution in [2.24, 2.45) is 11.8 Å². The summed E-state index contributed by atoms with van der Waals surface area (Å²) in [7, 11) is 0. The maximum Gasteiger partial charge on any atom is 0.165 e. The number of aromatic hydroxyl groups is 1. The summed E-state index contributed by atoms with van der Waals surface area (Å²) in [6, 6.07) is 8.28. The van der Waals surface area contributed by atoms with Gasteiger partial charge in [-0.2, -0.15) is 0 Å². The van der Waals surface area contributed by atoms with Crippen LogP contribution in [0.15, 0.2) is 36.5 Å². The molecule has 5 nitrogen and oxygen atoms in total. The van der Waals surface area contributed by atoms with Crippen LogP contribution >= 0.6 is 0 Å².